The van der Waals surface area contributed by atoms with Gasteiger partial charge in [-0.15, -0.1) is 0 Å². The van der Waals surface area contributed by atoms with Crippen molar-refractivity contribution in [3.8, 4) is 0 Å². The van der Waals surface area contributed by atoms with Gasteiger partial charge >= 0.3 is 6.09 Å². The molecule has 2 fully saturated rings. The van der Waals surface area contributed by atoms with Crippen LogP contribution in [0.1, 0.15) is 30.3 Å². The molecule has 0 N–H and O–H groups in total. The van der Waals surface area contributed by atoms with Crippen LogP contribution in [0.25, 0.3) is 0 Å². The Morgan fingerprint density at radius 1 is 1.22 bits per heavy atom. The van der Waals surface area contributed by atoms with Gasteiger partial charge in [-0.2, -0.15) is 0 Å². The Hall–Kier alpha value is -2.90. The van der Waals surface area contributed by atoms with Gasteiger partial charge in [-0.05, 0) is 25.0 Å². The van der Waals surface area contributed by atoms with Gasteiger partial charge in [0.25, 0.3) is 0 Å². The number of amides is 2. The molecule has 142 valence electrons. The maximum absolute atomic E-state index is 12.6. The first-order valence-electron chi connectivity index (χ1n) is 9.31. The Bertz CT molecular complexity index is 807. The number of imidazole rings is 1. The van der Waals surface area contributed by atoms with Gasteiger partial charge in [-0.1, -0.05) is 6.07 Å². The topological polar surface area (TPSA) is 80.6 Å². The monoisotopic (exact) mass is 369 g/mol. The van der Waals surface area contributed by atoms with Gasteiger partial charge < -0.3 is 14.2 Å². The lowest BCUT2D eigenvalue weighted by Crippen LogP contribution is -2.45. The number of hydrogen-bond donors (Lipinski definition) is 0. The molecule has 0 bridgehead atoms. The molecule has 27 heavy (non-hydrogen) atoms. The first kappa shape index (κ1) is 17.5. The van der Waals surface area contributed by atoms with Crippen molar-refractivity contribution >= 4 is 12.0 Å². The molecule has 2 amide bonds. The van der Waals surface area contributed by atoms with Crippen molar-refractivity contribution < 1.29 is 14.3 Å². The highest BCUT2D eigenvalue weighted by Gasteiger charge is 2.30. The largest absolute Gasteiger partial charge is 0.448 e. The lowest BCUT2D eigenvalue weighted by molar-refractivity contribution is -0.133. The number of carbonyl (C=O) groups excluding carboxylic acids is 2. The minimum atomic E-state index is -0.400. The van der Waals surface area contributed by atoms with E-state index in [9.17, 15) is 9.59 Å². The summed E-state index contributed by atoms with van der Waals surface area (Å²) in [6.07, 6.45) is 7.08. The summed E-state index contributed by atoms with van der Waals surface area (Å²) in [7, 11) is 0. The number of pyridine rings is 1. The third kappa shape index (κ3) is 3.94. The van der Waals surface area contributed by atoms with Crippen LogP contribution in [0.3, 0.4) is 0 Å². The lowest BCUT2D eigenvalue weighted by atomic mass is 9.97. The number of rotatable bonds is 5. The standard InChI is InChI=1S/C19H23N5O3/c25-17(14-24-10-11-27-19(24)26)22-8-3-4-15(12-22)18-21-7-9-23(18)13-16-5-1-2-6-20-16/h1-2,5-7,9,15H,3-4,8,10-14H2/t15-/m1/s1. The fraction of sp³-hybridized carbons (Fsp3) is 0.474. The average Bonchev–Trinajstić information content (AvgIpc) is 3.32. The third-order valence-corrected chi connectivity index (χ3v) is 5.12. The summed E-state index contributed by atoms with van der Waals surface area (Å²) in [5.41, 5.74) is 0.980. The molecule has 8 heteroatoms. The van der Waals surface area contributed by atoms with Gasteiger partial charge in [0.05, 0.1) is 18.8 Å². The van der Waals surface area contributed by atoms with E-state index in [1.54, 1.807) is 12.4 Å². The van der Waals surface area contributed by atoms with Gasteiger partial charge in [0.1, 0.15) is 19.0 Å². The van der Waals surface area contributed by atoms with Crippen LogP contribution in [0.4, 0.5) is 4.79 Å². The molecule has 2 aromatic rings. The van der Waals surface area contributed by atoms with Crippen LogP contribution in [0.2, 0.25) is 0 Å². The second kappa shape index (κ2) is 7.77. The first-order chi connectivity index (χ1) is 13.2. The van der Waals surface area contributed by atoms with Gasteiger partial charge in [-0.25, -0.2) is 9.78 Å². The summed E-state index contributed by atoms with van der Waals surface area (Å²) >= 11 is 0. The van der Waals surface area contributed by atoms with E-state index in [0.29, 0.717) is 26.2 Å². The highest BCUT2D eigenvalue weighted by molar-refractivity contribution is 5.83. The number of hydrogen-bond acceptors (Lipinski definition) is 5. The van der Waals surface area contributed by atoms with E-state index in [2.05, 4.69) is 14.5 Å². The summed E-state index contributed by atoms with van der Waals surface area (Å²) in [4.78, 5) is 36.5. The molecule has 0 aromatic carbocycles. The van der Waals surface area contributed by atoms with Crippen molar-refractivity contribution in [1.29, 1.82) is 0 Å². The summed E-state index contributed by atoms with van der Waals surface area (Å²) in [6.45, 7) is 2.95. The van der Waals surface area contributed by atoms with Crippen LogP contribution in [0.5, 0.6) is 0 Å². The van der Waals surface area contributed by atoms with Gasteiger partial charge in [0.2, 0.25) is 5.91 Å². The minimum Gasteiger partial charge on any atom is -0.448 e. The Morgan fingerprint density at radius 2 is 2.15 bits per heavy atom. The quantitative estimate of drug-likeness (QED) is 0.798. The lowest BCUT2D eigenvalue weighted by Gasteiger charge is -2.33. The Labute approximate surface area is 157 Å². The molecule has 4 rings (SSSR count). The molecule has 2 aromatic heterocycles. The second-order valence-corrected chi connectivity index (χ2v) is 6.95. The number of nitrogens with zero attached hydrogens (tertiary/aromatic N) is 5. The van der Waals surface area contributed by atoms with Crippen molar-refractivity contribution in [1.82, 2.24) is 24.3 Å². The van der Waals surface area contributed by atoms with Crippen molar-refractivity contribution in [2.45, 2.75) is 25.3 Å². The van der Waals surface area contributed by atoms with Crippen LogP contribution in [0, 0.1) is 0 Å². The minimum absolute atomic E-state index is 0.0265. The molecule has 0 radical (unpaired) electrons. The molecule has 2 saturated heterocycles. The van der Waals surface area contributed by atoms with E-state index >= 15 is 0 Å². The predicted molar refractivity (Wildman–Crippen MR) is 97.0 cm³/mol. The van der Waals surface area contributed by atoms with Crippen molar-refractivity contribution in [3.05, 3.63) is 48.3 Å². The average molecular weight is 369 g/mol. The number of carbonyl (C=O) groups is 2. The maximum Gasteiger partial charge on any atom is 0.410 e. The van der Waals surface area contributed by atoms with E-state index < -0.39 is 6.09 Å². The zero-order valence-electron chi connectivity index (χ0n) is 15.2. The second-order valence-electron chi connectivity index (χ2n) is 6.95. The maximum atomic E-state index is 12.6. The Kier molecular flexibility index (Phi) is 5.04. The molecule has 1 atom stereocenters. The molecular formula is C19H23N5O3. The van der Waals surface area contributed by atoms with Crippen LogP contribution in [-0.2, 0) is 16.1 Å². The van der Waals surface area contributed by atoms with Crippen LogP contribution in [0.15, 0.2) is 36.8 Å². The zero-order chi connectivity index (χ0) is 18.6. The predicted octanol–water partition coefficient (Wildman–Crippen LogP) is 1.48. The smallest absolute Gasteiger partial charge is 0.410 e. The van der Waals surface area contributed by atoms with E-state index in [1.807, 2.05) is 29.3 Å². The van der Waals surface area contributed by atoms with Crippen LogP contribution in [-0.4, -0.2) is 69.1 Å². The van der Waals surface area contributed by atoms with Crippen LogP contribution < -0.4 is 0 Å². The number of piperidine rings is 1. The molecule has 0 saturated carbocycles. The fourth-order valence-electron chi connectivity index (χ4n) is 3.73. The number of aromatic nitrogens is 3. The van der Waals surface area contributed by atoms with Crippen molar-refractivity contribution in [2.24, 2.45) is 0 Å². The SMILES string of the molecule is O=C(CN1CCOC1=O)N1CCC[C@@H](c2nccn2Cc2ccccn2)C1. The summed E-state index contributed by atoms with van der Waals surface area (Å²) < 4.78 is 7.01. The van der Waals surface area contributed by atoms with Gasteiger partial charge in [0, 0.05) is 37.6 Å². The molecule has 2 aliphatic heterocycles. The van der Waals surface area contributed by atoms with Gasteiger partial charge in [-0.3, -0.25) is 14.7 Å². The Morgan fingerprint density at radius 3 is 2.93 bits per heavy atom. The number of cyclic esters (lactones) is 1. The summed E-state index contributed by atoms with van der Waals surface area (Å²) in [5, 5.41) is 0. The van der Waals surface area contributed by atoms with E-state index in [0.717, 1.165) is 30.9 Å². The van der Waals surface area contributed by atoms with Crippen LogP contribution >= 0.6 is 0 Å². The van der Waals surface area contributed by atoms with E-state index in [-0.39, 0.29) is 18.4 Å². The third-order valence-electron chi connectivity index (χ3n) is 5.12. The molecule has 0 spiro atoms. The molecule has 2 aliphatic rings. The zero-order valence-corrected chi connectivity index (χ0v) is 15.2. The normalized spacial score (nSPS) is 20.0. The van der Waals surface area contributed by atoms with E-state index in [4.69, 9.17) is 4.74 Å². The molecule has 0 aliphatic carbocycles. The van der Waals surface area contributed by atoms with Crippen molar-refractivity contribution in [2.75, 3.05) is 32.8 Å². The molecule has 0 unspecified atom stereocenters. The highest BCUT2D eigenvalue weighted by Crippen LogP contribution is 2.26. The summed E-state index contributed by atoms with van der Waals surface area (Å²) in [5.74, 6) is 1.15. The van der Waals surface area contributed by atoms with Crippen molar-refractivity contribution in [3.63, 3.8) is 0 Å². The molecular weight excluding hydrogens is 346 g/mol. The molecule has 8 nitrogen and oxygen atoms in total. The Balaban J connectivity index is 1.42. The summed E-state index contributed by atoms with van der Waals surface area (Å²) in [6, 6.07) is 5.87. The first-order valence-corrected chi connectivity index (χ1v) is 9.31. The number of ether oxygens (including phenoxy) is 1. The highest BCUT2D eigenvalue weighted by atomic mass is 16.6. The van der Waals surface area contributed by atoms with Gasteiger partial charge in [0.15, 0.2) is 0 Å². The molecule has 4 heterocycles. The van der Waals surface area contributed by atoms with E-state index in [1.165, 1.54) is 4.90 Å². The number of likely N-dealkylation sites (tertiary alicyclic amines) is 1. The fourth-order valence-corrected chi connectivity index (χ4v) is 3.73.